The van der Waals surface area contributed by atoms with Crippen LogP contribution in [0.15, 0.2) is 54.7 Å². The number of benzene rings is 2. The van der Waals surface area contributed by atoms with Gasteiger partial charge in [-0.1, -0.05) is 23.7 Å². The van der Waals surface area contributed by atoms with Crippen LogP contribution in [0.3, 0.4) is 0 Å². The zero-order valence-corrected chi connectivity index (χ0v) is 15.2. The lowest BCUT2D eigenvalue weighted by atomic mass is 10.3. The molecule has 0 aliphatic carbocycles. The molecule has 0 aliphatic heterocycles. The number of carbonyl (C=O) groups is 1. The second kappa shape index (κ2) is 8.66. The molecular formula is C19H17ClFN3O3. The molecule has 6 nitrogen and oxygen atoms in total. The van der Waals surface area contributed by atoms with E-state index in [4.69, 9.17) is 21.1 Å². The number of ether oxygens (including phenoxy) is 2. The molecule has 27 heavy (non-hydrogen) atoms. The summed E-state index contributed by atoms with van der Waals surface area (Å²) in [5.41, 5.74) is 0.900. The molecule has 0 spiro atoms. The van der Waals surface area contributed by atoms with Crippen molar-refractivity contribution < 1.29 is 18.7 Å². The number of para-hydroxylation sites is 1. The molecule has 1 amide bonds. The number of rotatable bonds is 7. The number of nitrogens with zero attached hydrogens (tertiary/aromatic N) is 2. The van der Waals surface area contributed by atoms with Gasteiger partial charge < -0.3 is 14.8 Å². The number of hydrogen-bond acceptors (Lipinski definition) is 4. The Morgan fingerprint density at radius 2 is 2.04 bits per heavy atom. The minimum atomic E-state index is -0.436. The summed E-state index contributed by atoms with van der Waals surface area (Å²) in [4.78, 5) is 12.4. The molecule has 1 aromatic heterocycles. The Balaban J connectivity index is 1.69. The van der Waals surface area contributed by atoms with Gasteiger partial charge in [-0.3, -0.25) is 4.79 Å². The number of aromatic nitrogens is 2. The van der Waals surface area contributed by atoms with Crippen molar-refractivity contribution >= 4 is 23.2 Å². The highest BCUT2D eigenvalue weighted by Gasteiger charge is 2.13. The van der Waals surface area contributed by atoms with Crippen LogP contribution in [-0.2, 0) is 4.74 Å². The van der Waals surface area contributed by atoms with E-state index in [1.807, 2.05) is 0 Å². The summed E-state index contributed by atoms with van der Waals surface area (Å²) in [5.74, 6) is -0.367. The zero-order valence-electron chi connectivity index (χ0n) is 14.5. The maximum Gasteiger partial charge on any atom is 0.276 e. The van der Waals surface area contributed by atoms with Gasteiger partial charge in [0, 0.05) is 19.0 Å². The van der Waals surface area contributed by atoms with E-state index in [-0.39, 0.29) is 11.4 Å². The van der Waals surface area contributed by atoms with Crippen molar-refractivity contribution in [1.82, 2.24) is 9.78 Å². The first-order valence-corrected chi connectivity index (χ1v) is 8.49. The first-order valence-electron chi connectivity index (χ1n) is 8.11. The largest absolute Gasteiger partial charge is 0.490 e. The van der Waals surface area contributed by atoms with E-state index in [9.17, 15) is 9.18 Å². The second-order valence-electron chi connectivity index (χ2n) is 5.54. The molecule has 3 rings (SSSR count). The second-order valence-corrected chi connectivity index (χ2v) is 5.94. The van der Waals surface area contributed by atoms with E-state index >= 15 is 0 Å². The lowest BCUT2D eigenvalue weighted by Gasteiger charge is -2.09. The molecule has 140 valence electrons. The molecule has 3 aromatic rings. The van der Waals surface area contributed by atoms with Gasteiger partial charge in [-0.15, -0.1) is 0 Å². The van der Waals surface area contributed by atoms with Crippen molar-refractivity contribution in [3.05, 3.63) is 71.3 Å². The standard InChI is InChI=1S/C19H17ClFN3O3/c1-26-10-11-27-18-7-6-13(12-14(18)20)22-19(25)16-8-9-24(23-16)17-5-3-2-4-15(17)21/h2-9,12H,10-11H2,1H3,(H,22,25). The molecule has 0 fully saturated rings. The van der Waals surface area contributed by atoms with Crippen molar-refractivity contribution in [1.29, 1.82) is 0 Å². The predicted octanol–water partition coefficient (Wildman–Crippen LogP) is 3.94. The summed E-state index contributed by atoms with van der Waals surface area (Å²) in [5, 5.41) is 7.18. The summed E-state index contributed by atoms with van der Waals surface area (Å²) >= 11 is 6.16. The smallest absolute Gasteiger partial charge is 0.276 e. The first-order chi connectivity index (χ1) is 13.1. The fraction of sp³-hybridized carbons (Fsp3) is 0.158. The summed E-state index contributed by atoms with van der Waals surface area (Å²) in [6.07, 6.45) is 1.52. The Morgan fingerprint density at radius 3 is 2.78 bits per heavy atom. The van der Waals surface area contributed by atoms with Gasteiger partial charge in [-0.25, -0.2) is 9.07 Å². The Bertz CT molecular complexity index is 945. The Hall–Kier alpha value is -2.90. The molecule has 0 atom stereocenters. The Labute approximate surface area is 160 Å². The van der Waals surface area contributed by atoms with Gasteiger partial charge in [-0.2, -0.15) is 5.10 Å². The van der Waals surface area contributed by atoms with Gasteiger partial charge in [0.05, 0.1) is 11.6 Å². The molecule has 1 N–H and O–H groups in total. The SMILES string of the molecule is COCCOc1ccc(NC(=O)c2ccn(-c3ccccc3F)n2)cc1Cl. The van der Waals surface area contributed by atoms with Crippen LogP contribution >= 0.6 is 11.6 Å². The van der Waals surface area contributed by atoms with Crippen LogP contribution in [0.1, 0.15) is 10.5 Å². The topological polar surface area (TPSA) is 65.4 Å². The van der Waals surface area contributed by atoms with Gasteiger partial charge in [0.15, 0.2) is 5.69 Å². The summed E-state index contributed by atoms with van der Waals surface area (Å²) < 4.78 is 25.5. The Morgan fingerprint density at radius 1 is 1.22 bits per heavy atom. The lowest BCUT2D eigenvalue weighted by molar-refractivity contribution is 0.102. The monoisotopic (exact) mass is 389 g/mol. The van der Waals surface area contributed by atoms with Crippen molar-refractivity contribution in [2.24, 2.45) is 0 Å². The average Bonchev–Trinajstić information content (AvgIpc) is 3.14. The number of halogens is 2. The number of nitrogens with one attached hydrogen (secondary N) is 1. The third-order valence-corrected chi connectivity index (χ3v) is 3.95. The van der Waals surface area contributed by atoms with Gasteiger partial charge in [0.2, 0.25) is 0 Å². The predicted molar refractivity (Wildman–Crippen MR) is 100 cm³/mol. The quantitative estimate of drug-likeness (QED) is 0.621. The summed E-state index contributed by atoms with van der Waals surface area (Å²) in [6.45, 7) is 0.814. The number of anilines is 1. The summed E-state index contributed by atoms with van der Waals surface area (Å²) in [6, 6.07) is 12.6. The van der Waals surface area contributed by atoms with Crippen LogP contribution in [0.25, 0.3) is 5.69 Å². The van der Waals surface area contributed by atoms with E-state index in [0.717, 1.165) is 0 Å². The molecule has 0 radical (unpaired) electrons. The fourth-order valence-corrected chi connectivity index (χ4v) is 2.58. The minimum Gasteiger partial charge on any atom is -0.490 e. The number of methoxy groups -OCH3 is 1. The van der Waals surface area contributed by atoms with Gasteiger partial charge in [-0.05, 0) is 36.4 Å². The van der Waals surface area contributed by atoms with Crippen LogP contribution in [-0.4, -0.2) is 36.0 Å². The Kier molecular flexibility index (Phi) is 6.05. The molecular weight excluding hydrogens is 373 g/mol. The van der Waals surface area contributed by atoms with E-state index < -0.39 is 11.7 Å². The third-order valence-electron chi connectivity index (χ3n) is 3.66. The van der Waals surface area contributed by atoms with Crippen LogP contribution in [0.2, 0.25) is 5.02 Å². The molecule has 0 saturated carbocycles. The third kappa shape index (κ3) is 4.64. The van der Waals surface area contributed by atoms with E-state index in [1.54, 1.807) is 43.5 Å². The molecule has 0 saturated heterocycles. The van der Waals surface area contributed by atoms with Crippen molar-refractivity contribution in [3.8, 4) is 11.4 Å². The van der Waals surface area contributed by atoms with Crippen molar-refractivity contribution in [2.75, 3.05) is 25.6 Å². The fourth-order valence-electron chi connectivity index (χ4n) is 2.34. The van der Waals surface area contributed by atoms with E-state index in [0.29, 0.717) is 29.7 Å². The van der Waals surface area contributed by atoms with Crippen LogP contribution < -0.4 is 10.1 Å². The van der Waals surface area contributed by atoms with Crippen LogP contribution in [0, 0.1) is 5.82 Å². The van der Waals surface area contributed by atoms with Crippen LogP contribution in [0.4, 0.5) is 10.1 Å². The maximum absolute atomic E-state index is 13.8. The molecule has 0 unspecified atom stereocenters. The van der Waals surface area contributed by atoms with Gasteiger partial charge in [0.25, 0.3) is 5.91 Å². The van der Waals surface area contributed by atoms with Gasteiger partial charge >= 0.3 is 0 Å². The minimum absolute atomic E-state index is 0.148. The normalized spacial score (nSPS) is 10.6. The molecule has 0 bridgehead atoms. The van der Waals surface area contributed by atoms with Crippen LogP contribution in [0.5, 0.6) is 5.75 Å². The molecule has 2 aromatic carbocycles. The zero-order chi connectivity index (χ0) is 19.2. The van der Waals surface area contributed by atoms with Crippen molar-refractivity contribution in [3.63, 3.8) is 0 Å². The molecule has 0 aliphatic rings. The number of carbonyl (C=O) groups excluding carboxylic acids is 1. The highest BCUT2D eigenvalue weighted by atomic mass is 35.5. The van der Waals surface area contributed by atoms with E-state index in [2.05, 4.69) is 10.4 Å². The summed E-state index contributed by atoms with van der Waals surface area (Å²) in [7, 11) is 1.58. The maximum atomic E-state index is 13.8. The first kappa shape index (κ1) is 18.9. The number of amides is 1. The highest BCUT2D eigenvalue weighted by molar-refractivity contribution is 6.32. The molecule has 8 heteroatoms. The van der Waals surface area contributed by atoms with Crippen molar-refractivity contribution in [2.45, 2.75) is 0 Å². The highest BCUT2D eigenvalue weighted by Crippen LogP contribution is 2.28. The lowest BCUT2D eigenvalue weighted by Crippen LogP contribution is -2.13. The number of hydrogen-bond donors (Lipinski definition) is 1. The average molecular weight is 390 g/mol. The molecule has 1 heterocycles. The van der Waals surface area contributed by atoms with Gasteiger partial charge in [0.1, 0.15) is 23.9 Å². The van der Waals surface area contributed by atoms with E-state index in [1.165, 1.54) is 23.0 Å².